The van der Waals surface area contributed by atoms with Gasteiger partial charge in [-0.1, -0.05) is 24.3 Å². The third kappa shape index (κ3) is 3.68. The molecule has 0 aliphatic heterocycles. The Kier molecular flexibility index (Phi) is 5.17. The van der Waals surface area contributed by atoms with Crippen LogP contribution >= 0.6 is 11.3 Å². The summed E-state index contributed by atoms with van der Waals surface area (Å²) in [6.07, 6.45) is 3.62. The van der Waals surface area contributed by atoms with E-state index < -0.39 is 0 Å². The Bertz CT molecular complexity index is 502. The molecule has 1 aromatic heterocycles. The van der Waals surface area contributed by atoms with Gasteiger partial charge in [0, 0.05) is 10.9 Å². The third-order valence-corrected chi connectivity index (χ3v) is 4.80. The molecule has 0 saturated heterocycles. The van der Waals surface area contributed by atoms with Gasteiger partial charge in [-0.05, 0) is 68.3 Å². The van der Waals surface area contributed by atoms with Crippen molar-refractivity contribution in [2.24, 2.45) is 0 Å². The number of nitrogens with one attached hydrogen (secondary N) is 1. The van der Waals surface area contributed by atoms with Crippen molar-refractivity contribution in [3.8, 4) is 0 Å². The van der Waals surface area contributed by atoms with E-state index in [9.17, 15) is 0 Å². The second-order valence-corrected chi connectivity index (χ2v) is 6.13. The first-order valence-corrected chi connectivity index (χ1v) is 7.86. The molecule has 2 aromatic rings. The first-order chi connectivity index (χ1) is 9.22. The SMILES string of the molecule is CNC(CCCc1cccs1)c1cccc(C)c1C. The molecule has 1 nitrogen and oxygen atoms in total. The van der Waals surface area contributed by atoms with E-state index in [4.69, 9.17) is 0 Å². The summed E-state index contributed by atoms with van der Waals surface area (Å²) in [4.78, 5) is 1.50. The van der Waals surface area contributed by atoms with Gasteiger partial charge in [-0.3, -0.25) is 0 Å². The van der Waals surface area contributed by atoms with Gasteiger partial charge in [0.1, 0.15) is 0 Å². The number of hydrogen-bond acceptors (Lipinski definition) is 2. The summed E-state index contributed by atoms with van der Waals surface area (Å²) < 4.78 is 0. The Morgan fingerprint density at radius 1 is 1.16 bits per heavy atom. The predicted octanol–water partition coefficient (Wildman–Crippen LogP) is 4.65. The van der Waals surface area contributed by atoms with Crippen molar-refractivity contribution < 1.29 is 0 Å². The summed E-state index contributed by atoms with van der Waals surface area (Å²) in [6.45, 7) is 4.42. The molecule has 0 spiro atoms. The molecule has 2 heteroatoms. The van der Waals surface area contributed by atoms with Crippen molar-refractivity contribution >= 4 is 11.3 Å². The smallest absolute Gasteiger partial charge is 0.0320 e. The van der Waals surface area contributed by atoms with Crippen LogP contribution in [0.25, 0.3) is 0 Å². The second kappa shape index (κ2) is 6.88. The fraction of sp³-hybridized carbons (Fsp3) is 0.412. The molecule has 1 atom stereocenters. The number of thiophene rings is 1. The molecule has 1 aromatic carbocycles. The highest BCUT2D eigenvalue weighted by Gasteiger charge is 2.12. The van der Waals surface area contributed by atoms with E-state index >= 15 is 0 Å². The van der Waals surface area contributed by atoms with E-state index in [0.29, 0.717) is 6.04 Å². The molecule has 1 heterocycles. The zero-order valence-corrected chi connectivity index (χ0v) is 12.9. The molecule has 102 valence electrons. The van der Waals surface area contributed by atoms with Gasteiger partial charge in [0.2, 0.25) is 0 Å². The van der Waals surface area contributed by atoms with Crippen LogP contribution in [0, 0.1) is 13.8 Å². The number of benzene rings is 1. The number of hydrogen-bond donors (Lipinski definition) is 1. The lowest BCUT2D eigenvalue weighted by molar-refractivity contribution is 0.526. The van der Waals surface area contributed by atoms with Gasteiger partial charge < -0.3 is 5.32 Å². The van der Waals surface area contributed by atoms with Crippen LogP contribution in [0.3, 0.4) is 0 Å². The lowest BCUT2D eigenvalue weighted by Crippen LogP contribution is -2.17. The topological polar surface area (TPSA) is 12.0 Å². The third-order valence-electron chi connectivity index (χ3n) is 3.87. The molecular formula is C17H23NS. The monoisotopic (exact) mass is 273 g/mol. The van der Waals surface area contributed by atoms with Crippen LogP contribution in [0.1, 0.15) is 40.5 Å². The van der Waals surface area contributed by atoms with Gasteiger partial charge in [-0.25, -0.2) is 0 Å². The number of rotatable bonds is 6. The van der Waals surface area contributed by atoms with Crippen molar-refractivity contribution in [2.75, 3.05) is 7.05 Å². The van der Waals surface area contributed by atoms with Crippen molar-refractivity contribution in [1.29, 1.82) is 0 Å². The van der Waals surface area contributed by atoms with Gasteiger partial charge in [-0.15, -0.1) is 11.3 Å². The molecule has 0 aliphatic carbocycles. The average molecular weight is 273 g/mol. The Hall–Kier alpha value is -1.12. The lowest BCUT2D eigenvalue weighted by atomic mass is 9.94. The van der Waals surface area contributed by atoms with Gasteiger partial charge in [0.25, 0.3) is 0 Å². The van der Waals surface area contributed by atoms with Crippen LogP contribution < -0.4 is 5.32 Å². The molecule has 0 amide bonds. The average Bonchev–Trinajstić information content (AvgIpc) is 2.92. The van der Waals surface area contributed by atoms with E-state index in [2.05, 4.69) is 61.9 Å². The molecule has 19 heavy (non-hydrogen) atoms. The van der Waals surface area contributed by atoms with E-state index in [0.717, 1.165) is 0 Å². The quantitative estimate of drug-likeness (QED) is 0.808. The van der Waals surface area contributed by atoms with Crippen LogP contribution in [0.15, 0.2) is 35.7 Å². The van der Waals surface area contributed by atoms with Crippen LogP contribution in [0.5, 0.6) is 0 Å². The zero-order valence-electron chi connectivity index (χ0n) is 12.1. The minimum Gasteiger partial charge on any atom is -0.313 e. The van der Waals surface area contributed by atoms with Crippen molar-refractivity contribution in [2.45, 2.75) is 39.2 Å². The van der Waals surface area contributed by atoms with E-state index in [-0.39, 0.29) is 0 Å². The largest absolute Gasteiger partial charge is 0.313 e. The van der Waals surface area contributed by atoms with Crippen LogP contribution in [0.2, 0.25) is 0 Å². The molecule has 0 radical (unpaired) electrons. The molecular weight excluding hydrogens is 250 g/mol. The van der Waals surface area contributed by atoms with Crippen LogP contribution in [-0.2, 0) is 6.42 Å². The molecule has 2 rings (SSSR count). The molecule has 1 unspecified atom stereocenters. The summed E-state index contributed by atoms with van der Waals surface area (Å²) in [6, 6.07) is 11.5. The number of aryl methyl sites for hydroxylation is 2. The van der Waals surface area contributed by atoms with E-state index in [1.54, 1.807) is 0 Å². The molecule has 1 N–H and O–H groups in total. The highest BCUT2D eigenvalue weighted by molar-refractivity contribution is 7.09. The predicted molar refractivity (Wildman–Crippen MR) is 85.0 cm³/mol. The fourth-order valence-corrected chi connectivity index (χ4v) is 3.29. The lowest BCUT2D eigenvalue weighted by Gasteiger charge is -2.20. The zero-order chi connectivity index (χ0) is 13.7. The van der Waals surface area contributed by atoms with Crippen LogP contribution in [0.4, 0.5) is 0 Å². The van der Waals surface area contributed by atoms with Crippen LogP contribution in [-0.4, -0.2) is 7.05 Å². The Labute approximate surface area is 120 Å². The second-order valence-electron chi connectivity index (χ2n) is 5.10. The summed E-state index contributed by atoms with van der Waals surface area (Å²) >= 11 is 1.86. The maximum atomic E-state index is 3.47. The van der Waals surface area contributed by atoms with Crippen molar-refractivity contribution in [1.82, 2.24) is 5.32 Å². The molecule has 0 saturated carbocycles. The van der Waals surface area contributed by atoms with Gasteiger partial charge in [-0.2, -0.15) is 0 Å². The van der Waals surface area contributed by atoms with Crippen molar-refractivity contribution in [3.05, 3.63) is 57.3 Å². The summed E-state index contributed by atoms with van der Waals surface area (Å²) in [7, 11) is 2.07. The van der Waals surface area contributed by atoms with Gasteiger partial charge >= 0.3 is 0 Å². The molecule has 0 bridgehead atoms. The first kappa shape index (κ1) is 14.3. The molecule has 0 aliphatic rings. The first-order valence-electron chi connectivity index (χ1n) is 6.98. The van der Waals surface area contributed by atoms with Gasteiger partial charge in [0.05, 0.1) is 0 Å². The Balaban J connectivity index is 1.98. The van der Waals surface area contributed by atoms with Crippen molar-refractivity contribution in [3.63, 3.8) is 0 Å². The molecule has 0 fully saturated rings. The van der Waals surface area contributed by atoms with E-state index in [1.165, 1.54) is 40.8 Å². The Morgan fingerprint density at radius 2 is 2.00 bits per heavy atom. The minimum absolute atomic E-state index is 0.472. The maximum Gasteiger partial charge on any atom is 0.0320 e. The highest BCUT2D eigenvalue weighted by atomic mass is 32.1. The normalized spacial score (nSPS) is 12.6. The fourth-order valence-electron chi connectivity index (χ4n) is 2.54. The Morgan fingerprint density at radius 3 is 2.68 bits per heavy atom. The summed E-state index contributed by atoms with van der Waals surface area (Å²) in [5, 5.41) is 5.63. The minimum atomic E-state index is 0.472. The van der Waals surface area contributed by atoms with Gasteiger partial charge in [0.15, 0.2) is 0 Å². The summed E-state index contributed by atoms with van der Waals surface area (Å²) in [5.74, 6) is 0. The van der Waals surface area contributed by atoms with E-state index in [1.807, 2.05) is 11.3 Å². The summed E-state index contributed by atoms with van der Waals surface area (Å²) in [5.41, 5.74) is 4.27. The highest BCUT2D eigenvalue weighted by Crippen LogP contribution is 2.25. The standard InChI is InChI=1S/C17H23NS/c1-13-7-4-10-16(14(13)2)17(18-3)11-5-8-15-9-6-12-19-15/h4,6-7,9-10,12,17-18H,5,8,11H2,1-3H3. The maximum absolute atomic E-state index is 3.47.